The molecule has 0 fully saturated rings. The summed E-state index contributed by atoms with van der Waals surface area (Å²) in [5, 5.41) is 0. The van der Waals surface area contributed by atoms with Crippen LogP contribution in [-0.2, 0) is 17.6 Å². The van der Waals surface area contributed by atoms with Crippen LogP contribution in [0, 0.1) is 0 Å². The number of nitrogens with two attached hydrogens (primary N) is 1. The zero-order valence-corrected chi connectivity index (χ0v) is 8.47. The first-order valence-corrected chi connectivity index (χ1v) is 5.81. The Morgan fingerprint density at radius 1 is 1.50 bits per heavy atom. The van der Waals surface area contributed by atoms with Crippen LogP contribution >= 0.6 is 0 Å². The minimum absolute atomic E-state index is 0.444. The van der Waals surface area contributed by atoms with Crippen molar-refractivity contribution < 1.29 is 9.35 Å². The largest absolute Gasteiger partial charge is 0.611 e. The maximum absolute atomic E-state index is 11.6. The van der Waals surface area contributed by atoms with Crippen molar-refractivity contribution in [3.05, 3.63) is 29.3 Å². The van der Waals surface area contributed by atoms with E-state index in [9.17, 15) is 9.35 Å². The highest BCUT2D eigenvalue weighted by Crippen LogP contribution is 2.25. The van der Waals surface area contributed by atoms with Gasteiger partial charge in [-0.2, -0.15) is 0 Å². The number of aryl methyl sites for hydroxylation is 1. The average molecular weight is 209 g/mol. The number of hydrogen-bond acceptors (Lipinski definition) is 2. The van der Waals surface area contributed by atoms with Crippen molar-refractivity contribution in [2.75, 3.05) is 5.75 Å². The Balaban J connectivity index is 2.45. The molecule has 1 atom stereocenters. The second-order valence-corrected chi connectivity index (χ2v) is 4.88. The van der Waals surface area contributed by atoms with Gasteiger partial charge in [-0.05, 0) is 30.1 Å². The van der Waals surface area contributed by atoms with Gasteiger partial charge in [0.15, 0.2) is 4.90 Å². The van der Waals surface area contributed by atoms with E-state index in [0.717, 1.165) is 23.3 Å². The molecule has 0 radical (unpaired) electrons. The van der Waals surface area contributed by atoms with Gasteiger partial charge in [-0.25, -0.2) is 0 Å². The summed E-state index contributed by atoms with van der Waals surface area (Å²) in [4.78, 5) is 11.7. The van der Waals surface area contributed by atoms with Gasteiger partial charge in [-0.1, -0.05) is 6.07 Å². The summed E-state index contributed by atoms with van der Waals surface area (Å²) >= 11 is -0.950. The molecule has 14 heavy (non-hydrogen) atoms. The number of benzene rings is 1. The molecule has 2 rings (SSSR count). The molecule has 1 aliphatic heterocycles. The van der Waals surface area contributed by atoms with Gasteiger partial charge in [0.1, 0.15) is 5.75 Å². The molecule has 4 heteroatoms. The highest BCUT2D eigenvalue weighted by molar-refractivity contribution is 7.91. The quantitative estimate of drug-likeness (QED) is 0.696. The first kappa shape index (κ1) is 9.55. The lowest BCUT2D eigenvalue weighted by atomic mass is 10.1. The molecule has 0 bridgehead atoms. The molecule has 0 spiro atoms. The first-order valence-electron chi connectivity index (χ1n) is 4.49. The first-order chi connectivity index (χ1) is 6.68. The van der Waals surface area contributed by atoms with E-state index in [-0.39, 0.29) is 0 Å². The zero-order valence-electron chi connectivity index (χ0n) is 7.66. The molecule has 1 unspecified atom stereocenters. The van der Waals surface area contributed by atoms with Crippen molar-refractivity contribution >= 4 is 17.1 Å². The Kier molecular flexibility index (Phi) is 2.48. The molecule has 0 aliphatic carbocycles. The van der Waals surface area contributed by atoms with Gasteiger partial charge in [-0.15, -0.1) is 0 Å². The molecular formula is C10H11NO2S. The lowest BCUT2D eigenvalue weighted by Crippen LogP contribution is -2.18. The Bertz CT molecular complexity index is 378. The van der Waals surface area contributed by atoms with Crippen LogP contribution in [0.5, 0.6) is 0 Å². The molecule has 1 amide bonds. The standard InChI is InChI=1S/C10H11NO2S/c11-10(12)8-4-3-7-2-1-5-14(13)9(7)6-8/h3-4,6H,1-2,5H2,(H2,11,12). The van der Waals surface area contributed by atoms with Crippen molar-refractivity contribution in [2.45, 2.75) is 17.7 Å². The van der Waals surface area contributed by atoms with Crippen LogP contribution in [0.25, 0.3) is 0 Å². The SMILES string of the molecule is NC(=O)c1ccc2c(c1)[S+]([O-])CCC2. The normalized spacial score (nSPS) is 20.2. The maximum atomic E-state index is 11.6. The summed E-state index contributed by atoms with van der Waals surface area (Å²) in [5.74, 6) is 0.227. The molecule has 1 aromatic rings. The van der Waals surface area contributed by atoms with Gasteiger partial charge in [0.2, 0.25) is 5.91 Å². The van der Waals surface area contributed by atoms with E-state index < -0.39 is 17.1 Å². The second-order valence-electron chi connectivity index (χ2n) is 3.34. The van der Waals surface area contributed by atoms with Gasteiger partial charge in [0.05, 0.1) is 0 Å². The number of hydrogen-bond donors (Lipinski definition) is 1. The van der Waals surface area contributed by atoms with Gasteiger partial charge in [0.25, 0.3) is 0 Å². The molecule has 74 valence electrons. The third kappa shape index (κ3) is 1.63. The zero-order chi connectivity index (χ0) is 10.1. The summed E-state index contributed by atoms with van der Waals surface area (Å²) < 4.78 is 11.6. The third-order valence-electron chi connectivity index (χ3n) is 2.37. The maximum Gasteiger partial charge on any atom is 0.248 e. The Labute approximate surface area is 85.5 Å². The van der Waals surface area contributed by atoms with Crippen molar-refractivity contribution in [3.8, 4) is 0 Å². The molecule has 1 aromatic carbocycles. The van der Waals surface area contributed by atoms with Gasteiger partial charge in [0, 0.05) is 17.2 Å². The van der Waals surface area contributed by atoms with E-state index in [1.165, 1.54) is 0 Å². The van der Waals surface area contributed by atoms with Crippen LogP contribution < -0.4 is 5.73 Å². The van der Waals surface area contributed by atoms with Crippen LogP contribution in [0.2, 0.25) is 0 Å². The van der Waals surface area contributed by atoms with Crippen LogP contribution in [0.3, 0.4) is 0 Å². The highest BCUT2D eigenvalue weighted by atomic mass is 32.2. The topological polar surface area (TPSA) is 66.2 Å². The van der Waals surface area contributed by atoms with Crippen molar-refractivity contribution in [1.29, 1.82) is 0 Å². The number of amides is 1. The minimum atomic E-state index is -0.950. The third-order valence-corrected chi connectivity index (χ3v) is 3.90. The average Bonchev–Trinajstić information content (AvgIpc) is 2.18. The molecular weight excluding hydrogens is 198 g/mol. The lowest BCUT2D eigenvalue weighted by molar-refractivity contribution is 0.1000. The van der Waals surface area contributed by atoms with E-state index in [0.29, 0.717) is 11.3 Å². The van der Waals surface area contributed by atoms with Crippen molar-refractivity contribution in [3.63, 3.8) is 0 Å². The molecule has 1 aliphatic rings. The van der Waals surface area contributed by atoms with Crippen LogP contribution in [0.15, 0.2) is 23.1 Å². The number of primary amides is 1. The summed E-state index contributed by atoms with van der Waals surface area (Å²) in [6.45, 7) is 0. The van der Waals surface area contributed by atoms with E-state index in [4.69, 9.17) is 5.73 Å². The Morgan fingerprint density at radius 2 is 2.29 bits per heavy atom. The molecule has 1 heterocycles. The van der Waals surface area contributed by atoms with E-state index >= 15 is 0 Å². The summed E-state index contributed by atoms with van der Waals surface area (Å²) in [5.41, 5.74) is 6.68. The van der Waals surface area contributed by atoms with Gasteiger partial charge < -0.3 is 10.3 Å². The molecule has 0 saturated carbocycles. The molecule has 2 N–H and O–H groups in total. The number of carbonyl (C=O) groups excluding carboxylic acids is 1. The summed E-state index contributed by atoms with van der Waals surface area (Å²) in [6, 6.07) is 5.21. The van der Waals surface area contributed by atoms with Crippen LogP contribution in [0.4, 0.5) is 0 Å². The van der Waals surface area contributed by atoms with Crippen molar-refractivity contribution in [1.82, 2.24) is 0 Å². The number of carbonyl (C=O) groups is 1. The monoisotopic (exact) mass is 209 g/mol. The Morgan fingerprint density at radius 3 is 3.00 bits per heavy atom. The summed E-state index contributed by atoms with van der Waals surface area (Å²) in [6.07, 6.45) is 1.90. The predicted octanol–water partition coefficient (Wildman–Crippen LogP) is 0.839. The predicted molar refractivity (Wildman–Crippen MR) is 54.6 cm³/mol. The summed E-state index contributed by atoms with van der Waals surface area (Å²) in [7, 11) is 0. The van der Waals surface area contributed by atoms with E-state index in [1.807, 2.05) is 6.07 Å². The molecule has 0 saturated heterocycles. The Hall–Kier alpha value is -1.00. The fourth-order valence-electron chi connectivity index (χ4n) is 1.63. The lowest BCUT2D eigenvalue weighted by Gasteiger charge is -2.19. The number of fused-ring (bicyclic) bond motifs is 1. The number of rotatable bonds is 1. The highest BCUT2D eigenvalue weighted by Gasteiger charge is 2.22. The van der Waals surface area contributed by atoms with Gasteiger partial charge >= 0.3 is 0 Å². The van der Waals surface area contributed by atoms with Crippen LogP contribution in [-0.4, -0.2) is 16.2 Å². The molecule has 3 nitrogen and oxygen atoms in total. The fraction of sp³-hybridized carbons (Fsp3) is 0.300. The van der Waals surface area contributed by atoms with E-state index in [2.05, 4.69) is 0 Å². The van der Waals surface area contributed by atoms with Gasteiger partial charge in [-0.3, -0.25) is 4.79 Å². The minimum Gasteiger partial charge on any atom is -0.611 e. The van der Waals surface area contributed by atoms with Crippen LogP contribution in [0.1, 0.15) is 22.3 Å². The smallest absolute Gasteiger partial charge is 0.248 e. The van der Waals surface area contributed by atoms with E-state index in [1.54, 1.807) is 12.1 Å². The fourth-order valence-corrected chi connectivity index (χ4v) is 2.98. The van der Waals surface area contributed by atoms with Crippen molar-refractivity contribution in [2.24, 2.45) is 5.73 Å². The second kappa shape index (κ2) is 3.63. The molecule has 0 aromatic heterocycles.